The lowest BCUT2D eigenvalue weighted by Gasteiger charge is -2.06. The number of nitrogens with zero attached hydrogens (tertiary/aromatic N) is 2. The molecule has 0 atom stereocenters. The van der Waals surface area contributed by atoms with Crippen LogP contribution in [0.5, 0.6) is 11.8 Å². The van der Waals surface area contributed by atoms with Gasteiger partial charge < -0.3 is 10.1 Å². The van der Waals surface area contributed by atoms with Crippen molar-refractivity contribution >= 4 is 11.6 Å². The van der Waals surface area contributed by atoms with Gasteiger partial charge in [0, 0.05) is 29.5 Å². The van der Waals surface area contributed by atoms with Crippen LogP contribution in [0.25, 0.3) is 0 Å². The standard InChI is InChI=1S/C15H18ClN3O/c1-3-6-17-8-12-9-18-15(19-10-12)20-13-4-5-14(16)11(2)7-13/h4-5,7,9-10,17H,3,6,8H2,1-2H3. The zero-order valence-corrected chi connectivity index (χ0v) is 12.4. The molecular formula is C15H18ClN3O. The third-order valence-corrected chi connectivity index (χ3v) is 3.20. The van der Waals surface area contributed by atoms with Gasteiger partial charge in [0.15, 0.2) is 0 Å². The smallest absolute Gasteiger partial charge is 0.321 e. The molecule has 0 aliphatic heterocycles. The number of hydrogen-bond donors (Lipinski definition) is 1. The molecule has 4 nitrogen and oxygen atoms in total. The summed E-state index contributed by atoms with van der Waals surface area (Å²) in [6.07, 6.45) is 4.65. The molecule has 0 spiro atoms. The highest BCUT2D eigenvalue weighted by atomic mass is 35.5. The average Bonchev–Trinajstić information content (AvgIpc) is 2.45. The molecule has 0 aliphatic rings. The maximum atomic E-state index is 5.97. The summed E-state index contributed by atoms with van der Waals surface area (Å²) >= 11 is 5.97. The number of hydrogen-bond acceptors (Lipinski definition) is 4. The van der Waals surface area contributed by atoms with E-state index in [1.165, 1.54) is 0 Å². The molecule has 2 aromatic rings. The van der Waals surface area contributed by atoms with Crippen LogP contribution < -0.4 is 10.1 Å². The summed E-state index contributed by atoms with van der Waals surface area (Å²) in [5.41, 5.74) is 2.00. The van der Waals surface area contributed by atoms with Crippen molar-refractivity contribution in [2.24, 2.45) is 0 Å². The summed E-state index contributed by atoms with van der Waals surface area (Å²) in [5, 5.41) is 4.02. The fraction of sp³-hybridized carbons (Fsp3) is 0.333. The lowest BCUT2D eigenvalue weighted by atomic mass is 10.2. The normalized spacial score (nSPS) is 10.6. The summed E-state index contributed by atoms with van der Waals surface area (Å²) in [6, 6.07) is 5.80. The summed E-state index contributed by atoms with van der Waals surface area (Å²) in [4.78, 5) is 8.40. The Hall–Kier alpha value is -1.65. The van der Waals surface area contributed by atoms with Crippen LogP contribution in [0.2, 0.25) is 5.02 Å². The molecule has 0 fully saturated rings. The SMILES string of the molecule is CCCNCc1cnc(Oc2ccc(Cl)c(C)c2)nc1. The molecule has 0 saturated heterocycles. The summed E-state index contributed by atoms with van der Waals surface area (Å²) in [7, 11) is 0. The van der Waals surface area contributed by atoms with Gasteiger partial charge in [-0.3, -0.25) is 0 Å². The van der Waals surface area contributed by atoms with E-state index in [9.17, 15) is 0 Å². The van der Waals surface area contributed by atoms with Crippen LogP contribution in [-0.2, 0) is 6.54 Å². The highest BCUT2D eigenvalue weighted by Gasteiger charge is 2.03. The first-order valence-electron chi connectivity index (χ1n) is 6.64. The molecule has 0 bridgehead atoms. The van der Waals surface area contributed by atoms with Gasteiger partial charge in [-0.25, -0.2) is 9.97 Å². The Morgan fingerprint density at radius 1 is 1.25 bits per heavy atom. The number of ether oxygens (including phenoxy) is 1. The number of aryl methyl sites for hydroxylation is 1. The van der Waals surface area contributed by atoms with Gasteiger partial charge in [-0.05, 0) is 43.7 Å². The summed E-state index contributed by atoms with van der Waals surface area (Å²) in [5.74, 6) is 0.684. The second-order valence-corrected chi connectivity index (χ2v) is 4.97. The average molecular weight is 292 g/mol. The molecule has 5 heteroatoms. The molecule has 0 radical (unpaired) electrons. The van der Waals surface area contributed by atoms with E-state index < -0.39 is 0 Å². The Kier molecular flexibility index (Phi) is 5.32. The first kappa shape index (κ1) is 14.8. The molecule has 0 aliphatic carbocycles. The molecule has 106 valence electrons. The van der Waals surface area contributed by atoms with Gasteiger partial charge in [0.2, 0.25) is 0 Å². The Bertz CT molecular complexity index is 558. The Morgan fingerprint density at radius 3 is 2.65 bits per heavy atom. The van der Waals surface area contributed by atoms with Crippen molar-refractivity contribution in [1.82, 2.24) is 15.3 Å². The van der Waals surface area contributed by atoms with Crippen LogP contribution in [0, 0.1) is 6.92 Å². The fourth-order valence-electron chi connectivity index (χ4n) is 1.68. The third-order valence-electron chi connectivity index (χ3n) is 2.78. The molecule has 2 rings (SSSR count). The van der Waals surface area contributed by atoms with E-state index in [1.807, 2.05) is 13.0 Å². The Balaban J connectivity index is 1.97. The zero-order chi connectivity index (χ0) is 14.4. The van der Waals surface area contributed by atoms with E-state index in [1.54, 1.807) is 24.5 Å². The highest BCUT2D eigenvalue weighted by molar-refractivity contribution is 6.31. The van der Waals surface area contributed by atoms with Crippen molar-refractivity contribution < 1.29 is 4.74 Å². The number of benzene rings is 1. The maximum absolute atomic E-state index is 5.97. The lowest BCUT2D eigenvalue weighted by molar-refractivity contribution is 0.440. The third kappa shape index (κ3) is 4.18. The van der Waals surface area contributed by atoms with Gasteiger partial charge in [0.1, 0.15) is 5.75 Å². The number of aromatic nitrogens is 2. The molecule has 1 heterocycles. The molecule has 1 N–H and O–H groups in total. The van der Waals surface area contributed by atoms with Gasteiger partial charge in [-0.15, -0.1) is 0 Å². The van der Waals surface area contributed by atoms with Crippen molar-refractivity contribution in [3.05, 3.63) is 46.7 Å². The van der Waals surface area contributed by atoms with Crippen LogP contribution in [0.3, 0.4) is 0 Å². The molecule has 0 amide bonds. The van der Waals surface area contributed by atoms with Crippen molar-refractivity contribution in [2.75, 3.05) is 6.54 Å². The minimum Gasteiger partial charge on any atom is -0.424 e. The van der Waals surface area contributed by atoms with Crippen molar-refractivity contribution in [2.45, 2.75) is 26.8 Å². The lowest BCUT2D eigenvalue weighted by Crippen LogP contribution is -2.14. The monoisotopic (exact) mass is 291 g/mol. The van der Waals surface area contributed by atoms with Gasteiger partial charge in [0.05, 0.1) is 0 Å². The van der Waals surface area contributed by atoms with Crippen molar-refractivity contribution in [1.29, 1.82) is 0 Å². The second kappa shape index (κ2) is 7.22. The van der Waals surface area contributed by atoms with Crippen LogP contribution in [0.15, 0.2) is 30.6 Å². The minimum absolute atomic E-state index is 0.339. The molecule has 0 unspecified atom stereocenters. The van der Waals surface area contributed by atoms with Crippen LogP contribution in [0.4, 0.5) is 0 Å². The van der Waals surface area contributed by atoms with Crippen LogP contribution in [0.1, 0.15) is 24.5 Å². The first-order chi connectivity index (χ1) is 9.69. The van der Waals surface area contributed by atoms with Crippen molar-refractivity contribution in [3.8, 4) is 11.8 Å². The Labute approximate surface area is 124 Å². The highest BCUT2D eigenvalue weighted by Crippen LogP contribution is 2.23. The zero-order valence-electron chi connectivity index (χ0n) is 11.7. The molecule has 0 saturated carbocycles. The van der Waals surface area contributed by atoms with Crippen LogP contribution in [-0.4, -0.2) is 16.5 Å². The van der Waals surface area contributed by atoms with Crippen LogP contribution >= 0.6 is 11.6 Å². The number of nitrogens with one attached hydrogen (secondary N) is 1. The van der Waals surface area contributed by atoms with E-state index in [2.05, 4.69) is 22.2 Å². The second-order valence-electron chi connectivity index (χ2n) is 4.56. The van der Waals surface area contributed by atoms with Gasteiger partial charge >= 0.3 is 6.01 Å². The van der Waals surface area contributed by atoms with E-state index in [0.717, 1.165) is 35.7 Å². The van der Waals surface area contributed by atoms with Gasteiger partial charge in [0.25, 0.3) is 0 Å². The van der Waals surface area contributed by atoms with Gasteiger partial charge in [-0.2, -0.15) is 0 Å². The maximum Gasteiger partial charge on any atom is 0.321 e. The largest absolute Gasteiger partial charge is 0.424 e. The number of rotatable bonds is 6. The van der Waals surface area contributed by atoms with E-state index in [0.29, 0.717) is 11.8 Å². The van der Waals surface area contributed by atoms with Gasteiger partial charge in [-0.1, -0.05) is 18.5 Å². The predicted octanol–water partition coefficient (Wildman–Crippen LogP) is 3.73. The molecule has 20 heavy (non-hydrogen) atoms. The summed E-state index contributed by atoms with van der Waals surface area (Å²) in [6.45, 7) is 5.82. The Morgan fingerprint density at radius 2 is 2.00 bits per heavy atom. The van der Waals surface area contributed by atoms with E-state index in [-0.39, 0.29) is 0 Å². The summed E-state index contributed by atoms with van der Waals surface area (Å²) < 4.78 is 5.59. The fourth-order valence-corrected chi connectivity index (χ4v) is 1.80. The van der Waals surface area contributed by atoms with Crippen molar-refractivity contribution in [3.63, 3.8) is 0 Å². The quantitative estimate of drug-likeness (QED) is 0.824. The molecule has 1 aromatic carbocycles. The number of halogens is 1. The molecule has 1 aromatic heterocycles. The first-order valence-corrected chi connectivity index (χ1v) is 7.02. The van der Waals surface area contributed by atoms with E-state index in [4.69, 9.17) is 16.3 Å². The van der Waals surface area contributed by atoms with E-state index >= 15 is 0 Å². The molecular weight excluding hydrogens is 274 g/mol. The minimum atomic E-state index is 0.339. The predicted molar refractivity (Wildman–Crippen MR) is 80.3 cm³/mol. The topological polar surface area (TPSA) is 47.0 Å².